The van der Waals surface area contributed by atoms with Crippen LogP contribution in [-0.4, -0.2) is 56.7 Å². The van der Waals surface area contributed by atoms with Crippen LogP contribution in [0.15, 0.2) is 42.9 Å². The molecule has 0 saturated carbocycles. The molecule has 0 spiro atoms. The average molecular weight is 351 g/mol. The summed E-state index contributed by atoms with van der Waals surface area (Å²) < 4.78 is 7.51. The molecule has 3 aromatic heterocycles. The molecule has 134 valence electrons. The maximum Gasteiger partial charge on any atom is 0.255 e. The minimum absolute atomic E-state index is 0.0177. The lowest BCUT2D eigenvalue weighted by atomic mass is 10.0. The number of carbonyl (C=O) groups is 1. The largest absolute Gasteiger partial charge is 0.379 e. The van der Waals surface area contributed by atoms with Gasteiger partial charge in [-0.25, -0.2) is 9.50 Å². The van der Waals surface area contributed by atoms with Gasteiger partial charge in [-0.1, -0.05) is 0 Å². The van der Waals surface area contributed by atoms with Gasteiger partial charge in [-0.05, 0) is 37.6 Å². The number of amides is 1. The van der Waals surface area contributed by atoms with Crippen molar-refractivity contribution in [2.24, 2.45) is 5.92 Å². The third-order valence-corrected chi connectivity index (χ3v) is 4.67. The Hall–Kier alpha value is -2.80. The number of hydrogen-bond donors (Lipinski definition) is 0. The van der Waals surface area contributed by atoms with Crippen LogP contribution in [0.25, 0.3) is 5.65 Å². The molecule has 1 saturated heterocycles. The molecule has 3 aromatic rings. The quantitative estimate of drug-likeness (QED) is 0.719. The highest BCUT2D eigenvalue weighted by molar-refractivity contribution is 5.95. The standard InChI is InChI=1S/C19H21N5O2/c1-14-17(3-2-6-20-14)19(25)23-9-10-26-13-15(12-23)11-16-4-5-18-21-7-8-24(18)22-16/h2-8,15H,9-13H2,1H3/t15-/m0/s1. The summed E-state index contributed by atoms with van der Waals surface area (Å²) in [6.07, 6.45) is 6.03. The number of imidazole rings is 1. The fourth-order valence-corrected chi connectivity index (χ4v) is 3.33. The van der Waals surface area contributed by atoms with Crippen molar-refractivity contribution in [3.8, 4) is 0 Å². The molecule has 0 aliphatic carbocycles. The van der Waals surface area contributed by atoms with Gasteiger partial charge < -0.3 is 9.64 Å². The normalized spacial score (nSPS) is 18.0. The van der Waals surface area contributed by atoms with E-state index in [-0.39, 0.29) is 11.8 Å². The van der Waals surface area contributed by atoms with E-state index in [0.29, 0.717) is 31.9 Å². The first-order valence-electron chi connectivity index (χ1n) is 8.78. The monoisotopic (exact) mass is 351 g/mol. The van der Waals surface area contributed by atoms with E-state index >= 15 is 0 Å². The van der Waals surface area contributed by atoms with Gasteiger partial charge in [-0.15, -0.1) is 0 Å². The van der Waals surface area contributed by atoms with Gasteiger partial charge in [-0.2, -0.15) is 5.10 Å². The fourth-order valence-electron chi connectivity index (χ4n) is 3.33. The third kappa shape index (κ3) is 3.43. The van der Waals surface area contributed by atoms with E-state index in [1.54, 1.807) is 23.0 Å². The van der Waals surface area contributed by atoms with Crippen LogP contribution >= 0.6 is 0 Å². The van der Waals surface area contributed by atoms with E-state index < -0.39 is 0 Å². The number of aromatic nitrogens is 4. The smallest absolute Gasteiger partial charge is 0.255 e. The zero-order chi connectivity index (χ0) is 17.9. The molecule has 0 unspecified atom stereocenters. The highest BCUT2D eigenvalue weighted by Crippen LogP contribution is 2.16. The van der Waals surface area contributed by atoms with Crippen LogP contribution < -0.4 is 0 Å². The topological polar surface area (TPSA) is 72.6 Å². The molecule has 1 aliphatic heterocycles. The highest BCUT2D eigenvalue weighted by Gasteiger charge is 2.25. The molecule has 1 atom stereocenters. The van der Waals surface area contributed by atoms with Crippen LogP contribution in [0.5, 0.6) is 0 Å². The average Bonchev–Trinajstić information content (AvgIpc) is 2.99. The zero-order valence-corrected chi connectivity index (χ0v) is 14.7. The van der Waals surface area contributed by atoms with Crippen molar-refractivity contribution in [2.45, 2.75) is 13.3 Å². The van der Waals surface area contributed by atoms with E-state index in [0.717, 1.165) is 23.5 Å². The summed E-state index contributed by atoms with van der Waals surface area (Å²) in [5, 5.41) is 4.59. The molecule has 0 N–H and O–H groups in total. The van der Waals surface area contributed by atoms with Crippen LogP contribution in [0, 0.1) is 12.8 Å². The summed E-state index contributed by atoms with van der Waals surface area (Å²) in [5.74, 6) is 0.219. The lowest BCUT2D eigenvalue weighted by Gasteiger charge is -2.24. The molecular formula is C19H21N5O2. The summed E-state index contributed by atoms with van der Waals surface area (Å²) >= 11 is 0. The summed E-state index contributed by atoms with van der Waals surface area (Å²) in [6, 6.07) is 7.59. The molecule has 7 nitrogen and oxygen atoms in total. The van der Waals surface area contributed by atoms with Crippen molar-refractivity contribution in [1.29, 1.82) is 0 Å². The minimum atomic E-state index is 0.0177. The Labute approximate surface area is 151 Å². The fraction of sp³-hybridized carbons (Fsp3) is 0.368. The predicted molar refractivity (Wildman–Crippen MR) is 95.9 cm³/mol. The van der Waals surface area contributed by atoms with Crippen LogP contribution in [0.1, 0.15) is 21.7 Å². The summed E-state index contributed by atoms with van der Waals surface area (Å²) in [4.78, 5) is 23.2. The summed E-state index contributed by atoms with van der Waals surface area (Å²) in [5.41, 5.74) is 3.21. The maximum absolute atomic E-state index is 12.9. The second kappa shape index (κ2) is 7.21. The van der Waals surface area contributed by atoms with Crippen LogP contribution in [-0.2, 0) is 11.2 Å². The number of fused-ring (bicyclic) bond motifs is 1. The lowest BCUT2D eigenvalue weighted by molar-refractivity contribution is 0.0736. The van der Waals surface area contributed by atoms with Crippen molar-refractivity contribution in [3.63, 3.8) is 0 Å². The Kier molecular flexibility index (Phi) is 4.62. The number of carbonyl (C=O) groups excluding carboxylic acids is 1. The number of nitrogens with zero attached hydrogens (tertiary/aromatic N) is 5. The molecule has 1 fully saturated rings. The highest BCUT2D eigenvalue weighted by atomic mass is 16.5. The van der Waals surface area contributed by atoms with Crippen molar-refractivity contribution in [2.75, 3.05) is 26.3 Å². The van der Waals surface area contributed by atoms with Crippen molar-refractivity contribution >= 4 is 11.6 Å². The third-order valence-electron chi connectivity index (χ3n) is 4.67. The first-order chi connectivity index (χ1) is 12.7. The van der Waals surface area contributed by atoms with Gasteiger partial charge in [0, 0.05) is 43.3 Å². The van der Waals surface area contributed by atoms with Gasteiger partial charge >= 0.3 is 0 Å². The Balaban J connectivity index is 1.50. The van der Waals surface area contributed by atoms with Crippen LogP contribution in [0.2, 0.25) is 0 Å². The number of rotatable bonds is 3. The van der Waals surface area contributed by atoms with Crippen molar-refractivity contribution in [1.82, 2.24) is 24.5 Å². The Bertz CT molecular complexity index is 923. The Morgan fingerprint density at radius 3 is 3.08 bits per heavy atom. The van der Waals surface area contributed by atoms with Crippen LogP contribution in [0.3, 0.4) is 0 Å². The first-order valence-corrected chi connectivity index (χ1v) is 8.78. The van der Waals surface area contributed by atoms with E-state index in [1.807, 2.05) is 36.2 Å². The number of aryl methyl sites for hydroxylation is 1. The van der Waals surface area contributed by atoms with Crippen molar-refractivity contribution < 1.29 is 9.53 Å². The molecule has 1 amide bonds. The number of hydrogen-bond acceptors (Lipinski definition) is 5. The molecular weight excluding hydrogens is 330 g/mol. The van der Waals surface area contributed by atoms with Gasteiger partial charge in [0.1, 0.15) is 0 Å². The molecule has 7 heteroatoms. The van der Waals surface area contributed by atoms with Crippen LogP contribution in [0.4, 0.5) is 0 Å². The second-order valence-corrected chi connectivity index (χ2v) is 6.59. The number of pyridine rings is 1. The van der Waals surface area contributed by atoms with Gasteiger partial charge in [0.15, 0.2) is 5.65 Å². The summed E-state index contributed by atoms with van der Waals surface area (Å²) in [7, 11) is 0. The Morgan fingerprint density at radius 1 is 1.27 bits per heavy atom. The summed E-state index contributed by atoms with van der Waals surface area (Å²) in [6.45, 7) is 4.28. The molecule has 1 aliphatic rings. The van der Waals surface area contributed by atoms with Gasteiger partial charge in [0.2, 0.25) is 0 Å². The van der Waals surface area contributed by atoms with E-state index in [4.69, 9.17) is 4.74 Å². The Morgan fingerprint density at radius 2 is 2.19 bits per heavy atom. The molecule has 4 heterocycles. The van der Waals surface area contributed by atoms with Crippen molar-refractivity contribution in [3.05, 3.63) is 59.8 Å². The van der Waals surface area contributed by atoms with E-state index in [2.05, 4.69) is 15.1 Å². The van der Waals surface area contributed by atoms with Gasteiger partial charge in [0.25, 0.3) is 5.91 Å². The molecule has 0 aromatic carbocycles. The minimum Gasteiger partial charge on any atom is -0.379 e. The molecule has 0 bridgehead atoms. The zero-order valence-electron chi connectivity index (χ0n) is 14.7. The lowest BCUT2D eigenvalue weighted by Crippen LogP contribution is -2.37. The first kappa shape index (κ1) is 16.7. The molecule has 0 radical (unpaired) electrons. The van der Waals surface area contributed by atoms with Gasteiger partial charge in [-0.3, -0.25) is 9.78 Å². The predicted octanol–water partition coefficient (Wildman–Crippen LogP) is 1.76. The maximum atomic E-state index is 12.9. The van der Waals surface area contributed by atoms with E-state index in [9.17, 15) is 4.79 Å². The van der Waals surface area contributed by atoms with E-state index in [1.165, 1.54) is 0 Å². The SMILES string of the molecule is Cc1ncccc1C(=O)N1CCOC[C@@H](Cc2ccc3nccn3n2)C1. The molecule has 26 heavy (non-hydrogen) atoms. The molecule has 4 rings (SSSR count). The second-order valence-electron chi connectivity index (χ2n) is 6.59. The van der Waals surface area contributed by atoms with Gasteiger partial charge in [0.05, 0.1) is 24.5 Å². The number of ether oxygens (including phenoxy) is 1.